The summed E-state index contributed by atoms with van der Waals surface area (Å²) in [6.07, 6.45) is -0.989. The summed E-state index contributed by atoms with van der Waals surface area (Å²) in [7, 11) is 0. The second kappa shape index (κ2) is 8.04. The van der Waals surface area contributed by atoms with Gasteiger partial charge in [0.1, 0.15) is 5.65 Å². The van der Waals surface area contributed by atoms with Gasteiger partial charge in [-0.3, -0.25) is 4.79 Å². The Bertz CT molecular complexity index is 963. The second-order valence-electron chi connectivity index (χ2n) is 7.19. The maximum atomic E-state index is 13.2. The van der Waals surface area contributed by atoms with Crippen LogP contribution in [0.4, 0.5) is 13.2 Å². The van der Waals surface area contributed by atoms with Crippen LogP contribution in [0, 0.1) is 5.92 Å². The molecule has 1 N–H and O–H groups in total. The standard InChI is InChI=1S/C21H22F3N3O/c1-14(2)12-26-20(28)11-17(15-6-5-7-16(10-15)21(22,23)24)18-13-25-19-8-3-4-9-27(18)19/h3-10,13-14,17H,11-12H2,1-2H3,(H,26,28)/t17-/m1/s1. The highest BCUT2D eigenvalue weighted by atomic mass is 19.4. The van der Waals surface area contributed by atoms with Crippen molar-refractivity contribution in [1.82, 2.24) is 14.7 Å². The quantitative estimate of drug-likeness (QED) is 0.667. The number of amides is 1. The molecule has 2 heterocycles. The zero-order valence-corrected chi connectivity index (χ0v) is 15.7. The van der Waals surface area contributed by atoms with E-state index in [1.54, 1.807) is 22.9 Å². The van der Waals surface area contributed by atoms with Gasteiger partial charge in [-0.05, 0) is 29.7 Å². The third-order valence-corrected chi connectivity index (χ3v) is 4.52. The lowest BCUT2D eigenvalue weighted by atomic mass is 9.91. The van der Waals surface area contributed by atoms with Gasteiger partial charge in [0.25, 0.3) is 0 Å². The van der Waals surface area contributed by atoms with Crippen molar-refractivity contribution in [2.24, 2.45) is 5.92 Å². The minimum atomic E-state index is -4.44. The predicted octanol–water partition coefficient (Wildman–Crippen LogP) is 4.65. The van der Waals surface area contributed by atoms with Crippen molar-refractivity contribution in [3.8, 4) is 0 Å². The number of nitrogens with zero attached hydrogens (tertiary/aromatic N) is 2. The van der Waals surface area contributed by atoms with Gasteiger partial charge in [-0.15, -0.1) is 0 Å². The highest BCUT2D eigenvalue weighted by Gasteiger charge is 2.32. The number of rotatable bonds is 6. The van der Waals surface area contributed by atoms with E-state index in [0.29, 0.717) is 23.4 Å². The number of benzene rings is 1. The molecular weight excluding hydrogens is 367 g/mol. The van der Waals surface area contributed by atoms with Crippen molar-refractivity contribution in [2.45, 2.75) is 32.4 Å². The molecule has 1 amide bonds. The molecule has 0 aliphatic carbocycles. The number of alkyl halides is 3. The van der Waals surface area contributed by atoms with Gasteiger partial charge in [0.05, 0.1) is 11.3 Å². The smallest absolute Gasteiger partial charge is 0.356 e. The molecule has 7 heteroatoms. The van der Waals surface area contributed by atoms with Crippen molar-refractivity contribution in [2.75, 3.05) is 6.54 Å². The number of pyridine rings is 1. The second-order valence-corrected chi connectivity index (χ2v) is 7.19. The van der Waals surface area contributed by atoms with Gasteiger partial charge in [-0.1, -0.05) is 38.1 Å². The van der Waals surface area contributed by atoms with Crippen LogP contribution in [0.5, 0.6) is 0 Å². The molecule has 0 saturated carbocycles. The highest BCUT2D eigenvalue weighted by molar-refractivity contribution is 5.77. The predicted molar refractivity (Wildman–Crippen MR) is 101 cm³/mol. The normalized spacial score (nSPS) is 13.1. The molecule has 0 bridgehead atoms. The van der Waals surface area contributed by atoms with Crippen molar-refractivity contribution < 1.29 is 18.0 Å². The molecule has 0 spiro atoms. The van der Waals surface area contributed by atoms with Gasteiger partial charge < -0.3 is 9.72 Å². The lowest BCUT2D eigenvalue weighted by molar-refractivity contribution is -0.137. The number of hydrogen-bond acceptors (Lipinski definition) is 2. The summed E-state index contributed by atoms with van der Waals surface area (Å²) in [6, 6.07) is 10.6. The molecule has 28 heavy (non-hydrogen) atoms. The number of carbonyl (C=O) groups excluding carboxylic acids is 1. The van der Waals surface area contributed by atoms with Gasteiger partial charge in [0.2, 0.25) is 5.91 Å². The topological polar surface area (TPSA) is 46.4 Å². The van der Waals surface area contributed by atoms with Crippen molar-refractivity contribution in [3.63, 3.8) is 0 Å². The number of nitrogens with one attached hydrogen (secondary N) is 1. The van der Waals surface area contributed by atoms with Crippen LogP contribution in [0.1, 0.15) is 43.0 Å². The van der Waals surface area contributed by atoms with Crippen molar-refractivity contribution >= 4 is 11.6 Å². The Balaban J connectivity index is 2.01. The molecule has 3 rings (SSSR count). The highest BCUT2D eigenvalue weighted by Crippen LogP contribution is 2.34. The molecular formula is C21H22F3N3O. The summed E-state index contributed by atoms with van der Waals surface area (Å²) < 4.78 is 41.4. The fourth-order valence-electron chi connectivity index (χ4n) is 3.11. The van der Waals surface area contributed by atoms with E-state index in [-0.39, 0.29) is 18.2 Å². The zero-order chi connectivity index (χ0) is 20.3. The van der Waals surface area contributed by atoms with Crippen molar-refractivity contribution in [3.05, 3.63) is 71.7 Å². The summed E-state index contributed by atoms with van der Waals surface area (Å²) in [5.41, 5.74) is 1.05. The van der Waals surface area contributed by atoms with Crippen LogP contribution in [0.25, 0.3) is 5.65 Å². The third kappa shape index (κ3) is 4.52. The Morgan fingerprint density at radius 2 is 1.96 bits per heavy atom. The molecule has 0 radical (unpaired) electrons. The van der Waals surface area contributed by atoms with Crippen molar-refractivity contribution in [1.29, 1.82) is 0 Å². The maximum absolute atomic E-state index is 13.2. The number of halogens is 3. The fraction of sp³-hybridized carbons (Fsp3) is 0.333. The first kappa shape index (κ1) is 19.9. The zero-order valence-electron chi connectivity index (χ0n) is 15.7. The number of fused-ring (bicyclic) bond motifs is 1. The van der Waals surface area contributed by atoms with E-state index in [2.05, 4.69) is 10.3 Å². The number of aromatic nitrogens is 2. The molecule has 0 saturated heterocycles. The molecule has 148 valence electrons. The van der Waals surface area contributed by atoms with E-state index in [0.717, 1.165) is 12.1 Å². The Kier molecular flexibility index (Phi) is 5.72. The van der Waals surface area contributed by atoms with E-state index in [1.807, 2.05) is 32.0 Å². The van der Waals surface area contributed by atoms with Crippen LogP contribution in [0.2, 0.25) is 0 Å². The first-order valence-corrected chi connectivity index (χ1v) is 9.11. The molecule has 1 aromatic carbocycles. The lowest BCUT2D eigenvalue weighted by Gasteiger charge is -2.19. The largest absolute Gasteiger partial charge is 0.416 e. The van der Waals surface area contributed by atoms with Gasteiger partial charge >= 0.3 is 6.18 Å². The molecule has 1 atom stereocenters. The van der Waals surface area contributed by atoms with Crippen LogP contribution >= 0.6 is 0 Å². The van der Waals surface area contributed by atoms with Gasteiger partial charge in [0.15, 0.2) is 0 Å². The Labute approximate surface area is 161 Å². The lowest BCUT2D eigenvalue weighted by Crippen LogP contribution is -2.29. The minimum absolute atomic E-state index is 0.0384. The molecule has 2 aromatic heterocycles. The average molecular weight is 389 g/mol. The summed E-state index contributed by atoms with van der Waals surface area (Å²) in [5, 5.41) is 2.85. The SMILES string of the molecule is CC(C)CNC(=O)C[C@H](c1cccc(C(F)(F)F)c1)c1cnc2ccccn12. The van der Waals surface area contributed by atoms with Crippen LogP contribution in [0.3, 0.4) is 0 Å². The van der Waals surface area contributed by atoms with E-state index in [1.165, 1.54) is 6.07 Å². The first-order valence-electron chi connectivity index (χ1n) is 9.11. The van der Waals surface area contributed by atoms with Crippen LogP contribution in [-0.4, -0.2) is 21.8 Å². The summed E-state index contributed by atoms with van der Waals surface area (Å²) in [5.74, 6) is -0.472. The molecule has 4 nitrogen and oxygen atoms in total. The fourth-order valence-corrected chi connectivity index (χ4v) is 3.11. The van der Waals surface area contributed by atoms with E-state index in [9.17, 15) is 18.0 Å². The van der Waals surface area contributed by atoms with Crippen LogP contribution < -0.4 is 5.32 Å². The Hall–Kier alpha value is -2.83. The Morgan fingerprint density at radius 3 is 2.68 bits per heavy atom. The van der Waals surface area contributed by atoms with E-state index < -0.39 is 17.7 Å². The monoisotopic (exact) mass is 389 g/mol. The number of hydrogen-bond donors (Lipinski definition) is 1. The molecule has 0 aliphatic rings. The summed E-state index contributed by atoms with van der Waals surface area (Å²) in [4.78, 5) is 16.8. The molecule has 0 aliphatic heterocycles. The van der Waals surface area contributed by atoms with Gasteiger partial charge in [0, 0.05) is 31.3 Å². The first-order chi connectivity index (χ1) is 13.3. The van der Waals surface area contributed by atoms with E-state index in [4.69, 9.17) is 0 Å². The molecule has 3 aromatic rings. The van der Waals surface area contributed by atoms with Crippen LogP contribution in [-0.2, 0) is 11.0 Å². The maximum Gasteiger partial charge on any atom is 0.416 e. The Morgan fingerprint density at radius 1 is 1.18 bits per heavy atom. The third-order valence-electron chi connectivity index (χ3n) is 4.52. The number of imidazole rings is 1. The summed E-state index contributed by atoms with van der Waals surface area (Å²) in [6.45, 7) is 4.48. The van der Waals surface area contributed by atoms with Crippen LogP contribution in [0.15, 0.2) is 54.9 Å². The van der Waals surface area contributed by atoms with Gasteiger partial charge in [-0.2, -0.15) is 13.2 Å². The number of carbonyl (C=O) groups is 1. The summed E-state index contributed by atoms with van der Waals surface area (Å²) >= 11 is 0. The van der Waals surface area contributed by atoms with E-state index >= 15 is 0 Å². The molecule has 0 fully saturated rings. The average Bonchev–Trinajstić information content (AvgIpc) is 3.08. The molecule has 0 unspecified atom stereocenters. The van der Waals surface area contributed by atoms with Gasteiger partial charge in [-0.25, -0.2) is 4.98 Å². The minimum Gasteiger partial charge on any atom is -0.356 e.